The van der Waals surface area contributed by atoms with E-state index in [0.717, 1.165) is 0 Å². The lowest BCUT2D eigenvalue weighted by Gasteiger charge is -2.23. The number of rotatable bonds is 7. The smallest absolute Gasteiger partial charge is 0.269 e. The topological polar surface area (TPSA) is 81.1 Å². The molecule has 7 nitrogen and oxygen atoms in total. The molecule has 0 spiro atoms. The highest BCUT2D eigenvalue weighted by Gasteiger charge is 2.26. The Bertz CT molecular complexity index is 740. The standard InChI is InChI=1S/C17H19BrN2O5/c1-23-14-9-13(12(6-8-21)15(24-2)16(14)25-3)20(18)17(22)11-5-4-7-19-10-11/h4-5,7,9-10,21H,6,8H2,1-3H3. The number of hydrogen-bond donors (Lipinski definition) is 1. The molecule has 0 saturated carbocycles. The van der Waals surface area contributed by atoms with Crippen LogP contribution in [0.4, 0.5) is 5.69 Å². The van der Waals surface area contributed by atoms with Crippen LogP contribution in [0.5, 0.6) is 17.2 Å². The average molecular weight is 411 g/mol. The van der Waals surface area contributed by atoms with E-state index in [1.54, 1.807) is 24.4 Å². The van der Waals surface area contributed by atoms with Gasteiger partial charge < -0.3 is 19.3 Å². The molecular weight excluding hydrogens is 392 g/mol. The summed E-state index contributed by atoms with van der Waals surface area (Å²) >= 11 is 3.30. The SMILES string of the molecule is COc1cc(N(Br)C(=O)c2cccnc2)c(CCO)c(OC)c1OC. The number of halogens is 1. The summed E-state index contributed by atoms with van der Waals surface area (Å²) < 4.78 is 17.5. The minimum absolute atomic E-state index is 0.124. The van der Waals surface area contributed by atoms with Crippen LogP contribution < -0.4 is 18.1 Å². The Hall–Kier alpha value is -2.32. The molecule has 0 bridgehead atoms. The zero-order chi connectivity index (χ0) is 18.4. The normalized spacial score (nSPS) is 10.3. The lowest BCUT2D eigenvalue weighted by molar-refractivity contribution is 0.101. The van der Waals surface area contributed by atoms with Crippen LogP contribution in [0.25, 0.3) is 0 Å². The van der Waals surface area contributed by atoms with Gasteiger partial charge in [-0.1, -0.05) is 0 Å². The number of aliphatic hydroxyl groups excluding tert-OH is 1. The predicted molar refractivity (Wildman–Crippen MR) is 96.9 cm³/mol. The number of aliphatic hydroxyl groups is 1. The predicted octanol–water partition coefficient (Wildman–Crippen LogP) is 2.60. The van der Waals surface area contributed by atoms with Crippen molar-refractivity contribution in [3.63, 3.8) is 0 Å². The maximum Gasteiger partial charge on any atom is 0.269 e. The van der Waals surface area contributed by atoms with E-state index >= 15 is 0 Å². The highest BCUT2D eigenvalue weighted by Crippen LogP contribution is 2.46. The molecule has 0 unspecified atom stereocenters. The number of pyridine rings is 1. The molecule has 25 heavy (non-hydrogen) atoms. The molecule has 1 N–H and O–H groups in total. The first-order chi connectivity index (χ1) is 12.1. The molecule has 0 aliphatic rings. The third-order valence-corrected chi connectivity index (χ3v) is 4.27. The number of anilines is 1. The highest BCUT2D eigenvalue weighted by molar-refractivity contribution is 9.10. The molecule has 134 valence electrons. The van der Waals surface area contributed by atoms with Crippen molar-refractivity contribution in [1.29, 1.82) is 0 Å². The fraction of sp³-hybridized carbons (Fsp3) is 0.294. The van der Waals surface area contributed by atoms with Gasteiger partial charge in [-0.25, -0.2) is 3.93 Å². The molecule has 2 rings (SSSR count). The van der Waals surface area contributed by atoms with E-state index < -0.39 is 0 Å². The van der Waals surface area contributed by atoms with E-state index in [0.29, 0.717) is 34.1 Å². The Balaban J connectivity index is 2.60. The van der Waals surface area contributed by atoms with Gasteiger partial charge in [-0.3, -0.25) is 9.78 Å². The van der Waals surface area contributed by atoms with Gasteiger partial charge in [0.2, 0.25) is 5.75 Å². The molecule has 1 heterocycles. The van der Waals surface area contributed by atoms with Gasteiger partial charge in [0.05, 0.1) is 48.7 Å². The minimum atomic E-state index is -0.318. The molecular formula is C17H19BrN2O5. The van der Waals surface area contributed by atoms with Crippen molar-refractivity contribution in [2.45, 2.75) is 6.42 Å². The van der Waals surface area contributed by atoms with Crippen LogP contribution in [0.15, 0.2) is 30.6 Å². The summed E-state index contributed by atoms with van der Waals surface area (Å²) in [6.07, 6.45) is 3.33. The number of aromatic nitrogens is 1. The number of benzene rings is 1. The molecule has 0 aliphatic carbocycles. The fourth-order valence-electron chi connectivity index (χ4n) is 2.44. The van der Waals surface area contributed by atoms with Gasteiger partial charge in [0.15, 0.2) is 11.5 Å². The maximum atomic E-state index is 12.7. The molecule has 0 atom stereocenters. The van der Waals surface area contributed by atoms with Crippen LogP contribution in [0.1, 0.15) is 15.9 Å². The number of ether oxygens (including phenoxy) is 3. The Morgan fingerprint density at radius 1 is 1.24 bits per heavy atom. The van der Waals surface area contributed by atoms with Crippen LogP contribution in [-0.4, -0.2) is 43.9 Å². The Morgan fingerprint density at radius 3 is 2.48 bits per heavy atom. The number of amides is 1. The molecule has 1 aromatic heterocycles. The third kappa shape index (κ3) is 3.85. The van der Waals surface area contributed by atoms with Gasteiger partial charge >= 0.3 is 0 Å². The lowest BCUT2D eigenvalue weighted by atomic mass is 10.1. The van der Waals surface area contributed by atoms with Crippen LogP contribution in [0.2, 0.25) is 0 Å². The second-order valence-electron chi connectivity index (χ2n) is 4.94. The van der Waals surface area contributed by atoms with Crippen molar-refractivity contribution < 1.29 is 24.1 Å². The van der Waals surface area contributed by atoms with Crippen LogP contribution in [0.3, 0.4) is 0 Å². The van der Waals surface area contributed by atoms with E-state index in [4.69, 9.17) is 14.2 Å². The summed E-state index contributed by atoms with van der Waals surface area (Å²) in [5.41, 5.74) is 1.50. The molecule has 0 radical (unpaired) electrons. The zero-order valence-corrected chi connectivity index (χ0v) is 15.7. The average Bonchev–Trinajstić information content (AvgIpc) is 2.66. The summed E-state index contributed by atoms with van der Waals surface area (Å²) in [5.74, 6) is 0.877. The van der Waals surface area contributed by atoms with Gasteiger partial charge in [0.1, 0.15) is 0 Å². The first-order valence-electron chi connectivity index (χ1n) is 7.42. The van der Waals surface area contributed by atoms with Crippen molar-refractivity contribution in [1.82, 2.24) is 4.98 Å². The summed E-state index contributed by atoms with van der Waals surface area (Å²) in [4.78, 5) is 16.7. The Kier molecular flexibility index (Phi) is 6.60. The van der Waals surface area contributed by atoms with E-state index in [2.05, 4.69) is 21.1 Å². The third-order valence-electron chi connectivity index (χ3n) is 3.57. The maximum absolute atomic E-state index is 12.7. The second-order valence-corrected chi connectivity index (χ2v) is 5.65. The monoisotopic (exact) mass is 410 g/mol. The van der Waals surface area contributed by atoms with Gasteiger partial charge in [-0.2, -0.15) is 0 Å². The number of hydrogen-bond acceptors (Lipinski definition) is 6. The van der Waals surface area contributed by atoms with E-state index in [-0.39, 0.29) is 18.9 Å². The van der Waals surface area contributed by atoms with Crippen molar-refractivity contribution in [3.05, 3.63) is 41.7 Å². The molecule has 1 aromatic carbocycles. The molecule has 0 fully saturated rings. The van der Waals surface area contributed by atoms with Crippen LogP contribution in [-0.2, 0) is 6.42 Å². The van der Waals surface area contributed by atoms with Gasteiger partial charge in [-0.05, 0) is 12.1 Å². The number of carbonyl (C=O) groups excluding carboxylic acids is 1. The molecule has 2 aromatic rings. The van der Waals surface area contributed by atoms with E-state index in [1.807, 2.05) is 0 Å². The Morgan fingerprint density at radius 2 is 1.96 bits per heavy atom. The second kappa shape index (κ2) is 8.68. The van der Waals surface area contributed by atoms with Crippen molar-refractivity contribution in [2.75, 3.05) is 31.9 Å². The zero-order valence-electron chi connectivity index (χ0n) is 14.2. The highest BCUT2D eigenvalue weighted by atomic mass is 79.9. The Labute approximate surface area is 154 Å². The van der Waals surface area contributed by atoms with Crippen LogP contribution in [0, 0.1) is 0 Å². The van der Waals surface area contributed by atoms with Crippen molar-refractivity contribution in [3.8, 4) is 17.2 Å². The largest absolute Gasteiger partial charge is 0.493 e. The minimum Gasteiger partial charge on any atom is -0.493 e. The summed E-state index contributed by atoms with van der Waals surface area (Å²) in [6.45, 7) is -0.124. The van der Waals surface area contributed by atoms with Crippen molar-refractivity contribution >= 4 is 27.7 Å². The van der Waals surface area contributed by atoms with Gasteiger partial charge in [-0.15, -0.1) is 0 Å². The summed E-state index contributed by atoms with van der Waals surface area (Å²) in [7, 11) is 4.48. The summed E-state index contributed by atoms with van der Waals surface area (Å²) in [6, 6.07) is 4.99. The first kappa shape index (κ1) is 19.0. The number of nitrogens with zero attached hydrogens (tertiary/aromatic N) is 2. The summed E-state index contributed by atoms with van der Waals surface area (Å²) in [5, 5.41) is 9.44. The molecule has 0 aliphatic heterocycles. The number of carbonyl (C=O) groups is 1. The molecule has 1 amide bonds. The molecule has 0 saturated heterocycles. The van der Waals surface area contributed by atoms with E-state index in [1.165, 1.54) is 31.5 Å². The van der Waals surface area contributed by atoms with E-state index in [9.17, 15) is 9.90 Å². The quantitative estimate of drug-likeness (QED) is 0.706. The number of methoxy groups -OCH3 is 3. The van der Waals surface area contributed by atoms with Gasteiger partial charge in [0.25, 0.3) is 5.91 Å². The fourth-order valence-corrected chi connectivity index (χ4v) is 2.96. The van der Waals surface area contributed by atoms with Crippen LogP contribution >= 0.6 is 16.1 Å². The lowest BCUT2D eigenvalue weighted by Crippen LogP contribution is -2.22. The molecule has 8 heteroatoms. The van der Waals surface area contributed by atoms with Gasteiger partial charge in [0, 0.05) is 37.1 Å². The van der Waals surface area contributed by atoms with Crippen molar-refractivity contribution in [2.24, 2.45) is 0 Å². The first-order valence-corrected chi connectivity index (χ1v) is 8.12.